The molecular formula is C13H21N3O3S. The molecule has 1 aliphatic rings. The number of hydrogen-bond donors (Lipinski definition) is 3. The molecule has 112 valence electrons. The van der Waals surface area contributed by atoms with Gasteiger partial charge in [-0.15, -0.1) is 0 Å². The Balaban J connectivity index is 1.91. The highest BCUT2D eigenvalue weighted by Gasteiger charge is 2.24. The molecule has 2 rings (SSSR count). The number of benzene rings is 1. The zero-order valence-corrected chi connectivity index (χ0v) is 12.1. The van der Waals surface area contributed by atoms with Crippen molar-refractivity contribution in [1.82, 2.24) is 9.03 Å². The van der Waals surface area contributed by atoms with Crippen LogP contribution in [-0.2, 0) is 10.2 Å². The third kappa shape index (κ3) is 3.92. The van der Waals surface area contributed by atoms with Gasteiger partial charge in [0.05, 0.1) is 6.10 Å². The van der Waals surface area contributed by atoms with Crippen molar-refractivity contribution < 1.29 is 13.5 Å². The first-order valence-electron chi connectivity index (χ1n) is 6.77. The molecule has 20 heavy (non-hydrogen) atoms. The van der Waals surface area contributed by atoms with Crippen molar-refractivity contribution in [2.24, 2.45) is 0 Å². The maximum absolute atomic E-state index is 12.1. The maximum Gasteiger partial charge on any atom is 0.279 e. The number of piperidine rings is 1. The zero-order chi connectivity index (χ0) is 14.6. The zero-order valence-electron chi connectivity index (χ0n) is 11.3. The monoisotopic (exact) mass is 299 g/mol. The van der Waals surface area contributed by atoms with Gasteiger partial charge in [0.1, 0.15) is 0 Å². The molecule has 0 spiro atoms. The number of aliphatic hydroxyl groups is 1. The van der Waals surface area contributed by atoms with E-state index in [1.165, 1.54) is 4.31 Å². The van der Waals surface area contributed by atoms with Gasteiger partial charge < -0.3 is 10.8 Å². The summed E-state index contributed by atoms with van der Waals surface area (Å²) >= 11 is 0. The Bertz CT molecular complexity index is 524. The van der Waals surface area contributed by atoms with Crippen LogP contribution >= 0.6 is 0 Å². The fourth-order valence-electron chi connectivity index (χ4n) is 2.22. The van der Waals surface area contributed by atoms with Gasteiger partial charge in [0, 0.05) is 25.3 Å². The van der Waals surface area contributed by atoms with Crippen molar-refractivity contribution in [3.63, 3.8) is 0 Å². The summed E-state index contributed by atoms with van der Waals surface area (Å²) in [7, 11) is -3.50. The van der Waals surface area contributed by atoms with Crippen LogP contribution in [0.4, 0.5) is 5.69 Å². The molecule has 1 aromatic rings. The summed E-state index contributed by atoms with van der Waals surface area (Å²) in [4.78, 5) is 0. The molecule has 1 saturated heterocycles. The molecule has 0 amide bonds. The molecule has 0 aromatic heterocycles. The van der Waals surface area contributed by atoms with Gasteiger partial charge in [-0.1, -0.05) is 18.6 Å². The van der Waals surface area contributed by atoms with Gasteiger partial charge in [0.15, 0.2) is 0 Å². The van der Waals surface area contributed by atoms with E-state index in [1.807, 2.05) is 0 Å². The van der Waals surface area contributed by atoms with E-state index in [0.29, 0.717) is 24.3 Å². The van der Waals surface area contributed by atoms with E-state index in [4.69, 9.17) is 5.73 Å². The Morgan fingerprint density at radius 2 is 1.80 bits per heavy atom. The number of anilines is 1. The summed E-state index contributed by atoms with van der Waals surface area (Å²) in [5, 5.41) is 9.99. The number of hydrogen-bond acceptors (Lipinski definition) is 4. The van der Waals surface area contributed by atoms with Gasteiger partial charge in [0.25, 0.3) is 10.2 Å². The Kier molecular flexibility index (Phi) is 4.98. The molecule has 1 aromatic carbocycles. The molecule has 0 saturated carbocycles. The van der Waals surface area contributed by atoms with Crippen molar-refractivity contribution in [3.8, 4) is 0 Å². The lowest BCUT2D eigenvalue weighted by Crippen LogP contribution is -2.44. The SMILES string of the molecule is Nc1ccc(C(O)CNS(=O)(=O)N2CCCCC2)cc1. The first-order chi connectivity index (χ1) is 9.49. The number of aliphatic hydroxyl groups excluding tert-OH is 1. The van der Waals surface area contributed by atoms with E-state index in [9.17, 15) is 13.5 Å². The fourth-order valence-corrected chi connectivity index (χ4v) is 3.51. The minimum absolute atomic E-state index is 0.0389. The van der Waals surface area contributed by atoms with Crippen LogP contribution in [0.2, 0.25) is 0 Å². The van der Waals surface area contributed by atoms with Crippen molar-refractivity contribution in [2.75, 3.05) is 25.4 Å². The standard InChI is InChI=1S/C13H21N3O3S/c14-12-6-4-11(5-7-12)13(17)10-15-20(18,19)16-8-2-1-3-9-16/h4-7,13,15,17H,1-3,8-10,14H2. The second-order valence-electron chi connectivity index (χ2n) is 5.00. The van der Waals surface area contributed by atoms with Crippen LogP contribution in [0.1, 0.15) is 30.9 Å². The molecule has 0 radical (unpaired) electrons. The van der Waals surface area contributed by atoms with Gasteiger partial charge in [-0.3, -0.25) is 0 Å². The molecule has 6 nitrogen and oxygen atoms in total. The Morgan fingerprint density at radius 1 is 1.20 bits per heavy atom. The molecule has 0 aliphatic carbocycles. The van der Waals surface area contributed by atoms with Crippen molar-refractivity contribution in [2.45, 2.75) is 25.4 Å². The fraction of sp³-hybridized carbons (Fsp3) is 0.538. The number of rotatable bonds is 5. The largest absolute Gasteiger partial charge is 0.399 e. The van der Waals surface area contributed by atoms with Crippen LogP contribution in [0.15, 0.2) is 24.3 Å². The lowest BCUT2D eigenvalue weighted by molar-refractivity contribution is 0.180. The third-order valence-electron chi connectivity index (χ3n) is 3.44. The van der Waals surface area contributed by atoms with E-state index in [2.05, 4.69) is 4.72 Å². The first kappa shape index (κ1) is 15.2. The predicted molar refractivity (Wildman–Crippen MR) is 78.2 cm³/mol. The second-order valence-corrected chi connectivity index (χ2v) is 6.75. The van der Waals surface area contributed by atoms with Gasteiger partial charge in [-0.05, 0) is 30.5 Å². The maximum atomic E-state index is 12.1. The summed E-state index contributed by atoms with van der Waals surface area (Å²) in [6.07, 6.45) is 1.97. The lowest BCUT2D eigenvalue weighted by atomic mass is 10.1. The average Bonchev–Trinajstić information content (AvgIpc) is 2.46. The summed E-state index contributed by atoms with van der Waals surface area (Å²) < 4.78 is 28.0. The van der Waals surface area contributed by atoms with E-state index in [0.717, 1.165) is 19.3 Å². The highest BCUT2D eigenvalue weighted by Crippen LogP contribution is 2.16. The predicted octanol–water partition coefficient (Wildman–Crippen LogP) is 0.622. The van der Waals surface area contributed by atoms with Crippen LogP contribution < -0.4 is 10.5 Å². The van der Waals surface area contributed by atoms with E-state index in [-0.39, 0.29) is 6.54 Å². The van der Waals surface area contributed by atoms with Crippen LogP contribution in [0.25, 0.3) is 0 Å². The van der Waals surface area contributed by atoms with Gasteiger partial charge in [-0.25, -0.2) is 0 Å². The Hall–Kier alpha value is -1.15. The summed E-state index contributed by atoms with van der Waals surface area (Å²) in [5.41, 5.74) is 6.81. The van der Waals surface area contributed by atoms with E-state index >= 15 is 0 Å². The minimum atomic E-state index is -3.50. The third-order valence-corrected chi connectivity index (χ3v) is 5.01. The van der Waals surface area contributed by atoms with Crippen LogP contribution in [0.3, 0.4) is 0 Å². The van der Waals surface area contributed by atoms with Crippen molar-refractivity contribution in [1.29, 1.82) is 0 Å². The Labute approximate surface area is 119 Å². The highest BCUT2D eigenvalue weighted by atomic mass is 32.2. The van der Waals surface area contributed by atoms with Gasteiger partial charge in [-0.2, -0.15) is 17.4 Å². The Morgan fingerprint density at radius 3 is 2.40 bits per heavy atom. The van der Waals surface area contributed by atoms with E-state index in [1.54, 1.807) is 24.3 Å². The van der Waals surface area contributed by atoms with Gasteiger partial charge >= 0.3 is 0 Å². The number of nitrogens with one attached hydrogen (secondary N) is 1. The molecular weight excluding hydrogens is 278 g/mol. The number of nitrogen functional groups attached to an aromatic ring is 1. The molecule has 1 atom stereocenters. The molecule has 4 N–H and O–H groups in total. The molecule has 1 heterocycles. The topological polar surface area (TPSA) is 95.7 Å². The lowest BCUT2D eigenvalue weighted by Gasteiger charge is -2.26. The second kappa shape index (κ2) is 6.53. The highest BCUT2D eigenvalue weighted by molar-refractivity contribution is 7.87. The van der Waals surface area contributed by atoms with Crippen molar-refractivity contribution in [3.05, 3.63) is 29.8 Å². The smallest absolute Gasteiger partial charge is 0.279 e. The molecule has 7 heteroatoms. The quantitative estimate of drug-likeness (QED) is 0.695. The molecule has 0 bridgehead atoms. The van der Waals surface area contributed by atoms with Gasteiger partial charge in [0.2, 0.25) is 0 Å². The summed E-state index contributed by atoms with van der Waals surface area (Å²) in [6, 6.07) is 6.74. The molecule has 1 aliphatic heterocycles. The number of nitrogens with two attached hydrogens (primary N) is 1. The van der Waals surface area contributed by atoms with Crippen LogP contribution in [-0.4, -0.2) is 37.5 Å². The molecule has 1 unspecified atom stereocenters. The first-order valence-corrected chi connectivity index (χ1v) is 8.21. The normalized spacial score (nSPS) is 18.9. The van der Waals surface area contributed by atoms with Crippen molar-refractivity contribution >= 4 is 15.9 Å². The molecule has 1 fully saturated rings. The van der Waals surface area contributed by atoms with Crippen LogP contribution in [0.5, 0.6) is 0 Å². The van der Waals surface area contributed by atoms with E-state index < -0.39 is 16.3 Å². The summed E-state index contributed by atoms with van der Waals surface area (Å²) in [5.74, 6) is 0. The average molecular weight is 299 g/mol. The number of nitrogens with zero attached hydrogens (tertiary/aromatic N) is 1. The summed E-state index contributed by atoms with van der Waals surface area (Å²) in [6.45, 7) is 1.06. The van der Waals surface area contributed by atoms with Crippen LogP contribution in [0, 0.1) is 0 Å². The minimum Gasteiger partial charge on any atom is -0.399 e.